The molecule has 76 valence electrons. The van der Waals surface area contributed by atoms with Crippen molar-refractivity contribution < 1.29 is 10.0 Å². The standard InChI is InChI=1S/C9H11BCl2O2/c1-5(2)7-3-6(11)4-8(12)9(7)10(13)14/h3-5,13-14H,1-2H3. The van der Waals surface area contributed by atoms with Crippen LogP contribution in [-0.2, 0) is 0 Å². The van der Waals surface area contributed by atoms with Gasteiger partial charge < -0.3 is 10.0 Å². The molecule has 0 amide bonds. The molecule has 0 radical (unpaired) electrons. The van der Waals surface area contributed by atoms with Crippen LogP contribution in [0.1, 0.15) is 25.3 Å². The van der Waals surface area contributed by atoms with E-state index >= 15 is 0 Å². The second kappa shape index (κ2) is 4.54. The first kappa shape index (κ1) is 11.9. The normalized spacial score (nSPS) is 10.8. The molecule has 0 aliphatic carbocycles. The molecule has 0 atom stereocenters. The summed E-state index contributed by atoms with van der Waals surface area (Å²) in [5.74, 6) is 0.142. The molecule has 1 rings (SSSR count). The summed E-state index contributed by atoms with van der Waals surface area (Å²) in [5, 5.41) is 19.1. The van der Waals surface area contributed by atoms with E-state index in [1.807, 2.05) is 13.8 Å². The molecule has 0 aliphatic heterocycles. The summed E-state index contributed by atoms with van der Waals surface area (Å²) in [5.41, 5.74) is 1.10. The van der Waals surface area contributed by atoms with Crippen LogP contribution in [0.25, 0.3) is 0 Å². The van der Waals surface area contributed by atoms with Gasteiger partial charge in [-0.05, 0) is 23.6 Å². The molecule has 14 heavy (non-hydrogen) atoms. The molecular formula is C9H11BCl2O2. The SMILES string of the molecule is CC(C)c1cc(Cl)cc(Cl)c1B(O)O. The fourth-order valence-corrected chi connectivity index (χ4v) is 1.96. The molecule has 5 heteroatoms. The van der Waals surface area contributed by atoms with Crippen molar-refractivity contribution in [2.75, 3.05) is 0 Å². The average Bonchev–Trinajstić information content (AvgIpc) is 2.01. The molecule has 0 aromatic heterocycles. The Labute approximate surface area is 93.6 Å². The smallest absolute Gasteiger partial charge is 0.423 e. The van der Waals surface area contributed by atoms with Gasteiger partial charge in [-0.25, -0.2) is 0 Å². The van der Waals surface area contributed by atoms with E-state index < -0.39 is 7.12 Å². The van der Waals surface area contributed by atoms with Gasteiger partial charge >= 0.3 is 7.12 Å². The number of halogens is 2. The highest BCUT2D eigenvalue weighted by Crippen LogP contribution is 2.22. The van der Waals surface area contributed by atoms with Crippen molar-refractivity contribution in [2.45, 2.75) is 19.8 Å². The Morgan fingerprint density at radius 3 is 2.21 bits per heavy atom. The van der Waals surface area contributed by atoms with Crippen LogP contribution in [0.3, 0.4) is 0 Å². The predicted molar refractivity (Wildman–Crippen MR) is 60.4 cm³/mol. The van der Waals surface area contributed by atoms with Crippen molar-refractivity contribution in [1.82, 2.24) is 0 Å². The van der Waals surface area contributed by atoms with Crippen LogP contribution in [-0.4, -0.2) is 17.2 Å². The predicted octanol–water partition coefficient (Wildman–Crippen LogP) is 1.80. The molecule has 0 saturated carbocycles. The van der Waals surface area contributed by atoms with Crippen molar-refractivity contribution in [3.63, 3.8) is 0 Å². The molecule has 0 saturated heterocycles. The molecule has 0 unspecified atom stereocenters. The van der Waals surface area contributed by atoms with Crippen LogP contribution in [0.2, 0.25) is 10.0 Å². The second-order valence-electron chi connectivity index (χ2n) is 3.42. The van der Waals surface area contributed by atoms with Crippen molar-refractivity contribution in [2.24, 2.45) is 0 Å². The molecule has 2 nitrogen and oxygen atoms in total. The van der Waals surface area contributed by atoms with Crippen LogP contribution >= 0.6 is 23.2 Å². The Morgan fingerprint density at radius 2 is 1.79 bits per heavy atom. The highest BCUT2D eigenvalue weighted by molar-refractivity contribution is 6.63. The van der Waals surface area contributed by atoms with E-state index in [9.17, 15) is 0 Å². The lowest BCUT2D eigenvalue weighted by Crippen LogP contribution is -2.34. The first-order valence-corrected chi connectivity index (χ1v) is 5.04. The largest absolute Gasteiger partial charge is 0.490 e. The number of hydrogen-bond acceptors (Lipinski definition) is 2. The molecule has 0 spiro atoms. The van der Waals surface area contributed by atoms with E-state index in [0.29, 0.717) is 10.5 Å². The molecule has 0 aliphatic rings. The third-order valence-corrected chi connectivity index (χ3v) is 2.54. The van der Waals surface area contributed by atoms with Crippen molar-refractivity contribution in [3.05, 3.63) is 27.7 Å². The van der Waals surface area contributed by atoms with E-state index in [-0.39, 0.29) is 10.9 Å². The zero-order valence-electron chi connectivity index (χ0n) is 7.96. The Balaban J connectivity index is 3.37. The van der Waals surface area contributed by atoms with E-state index in [1.165, 1.54) is 6.07 Å². The molecule has 0 fully saturated rings. The van der Waals surface area contributed by atoms with Gasteiger partial charge in [-0.3, -0.25) is 0 Å². The third-order valence-electron chi connectivity index (χ3n) is 2.01. The molecule has 2 N–H and O–H groups in total. The van der Waals surface area contributed by atoms with Gasteiger partial charge in [0.05, 0.1) is 0 Å². The van der Waals surface area contributed by atoms with E-state index in [0.717, 1.165) is 5.56 Å². The Kier molecular flexibility index (Phi) is 3.84. The minimum Gasteiger partial charge on any atom is -0.423 e. The van der Waals surface area contributed by atoms with Crippen LogP contribution < -0.4 is 5.46 Å². The van der Waals surface area contributed by atoms with Gasteiger partial charge in [-0.1, -0.05) is 37.0 Å². The van der Waals surface area contributed by atoms with E-state index in [1.54, 1.807) is 6.07 Å². The minimum atomic E-state index is -1.56. The van der Waals surface area contributed by atoms with Gasteiger partial charge in [-0.15, -0.1) is 0 Å². The number of benzene rings is 1. The van der Waals surface area contributed by atoms with Gasteiger partial charge in [0.1, 0.15) is 0 Å². The average molecular weight is 233 g/mol. The van der Waals surface area contributed by atoms with Gasteiger partial charge in [0.2, 0.25) is 0 Å². The number of rotatable bonds is 2. The lowest BCUT2D eigenvalue weighted by Gasteiger charge is -2.14. The summed E-state index contributed by atoms with van der Waals surface area (Å²) in [6, 6.07) is 3.20. The summed E-state index contributed by atoms with van der Waals surface area (Å²) in [4.78, 5) is 0. The quantitative estimate of drug-likeness (QED) is 0.764. The fraction of sp³-hybridized carbons (Fsp3) is 0.333. The highest BCUT2D eigenvalue weighted by atomic mass is 35.5. The first-order chi connectivity index (χ1) is 6.43. The van der Waals surface area contributed by atoms with Gasteiger partial charge in [0.15, 0.2) is 0 Å². The van der Waals surface area contributed by atoms with Gasteiger partial charge in [-0.2, -0.15) is 0 Å². The van der Waals surface area contributed by atoms with Crippen molar-refractivity contribution in [3.8, 4) is 0 Å². The Hall–Kier alpha value is -0.215. The zero-order chi connectivity index (χ0) is 10.9. The van der Waals surface area contributed by atoms with E-state index in [4.69, 9.17) is 33.2 Å². The summed E-state index contributed by atoms with van der Waals surface area (Å²) in [6.07, 6.45) is 0. The van der Waals surface area contributed by atoms with Crippen LogP contribution in [0.4, 0.5) is 0 Å². The molecular weight excluding hydrogens is 222 g/mol. The lowest BCUT2D eigenvalue weighted by molar-refractivity contribution is 0.425. The third kappa shape index (κ3) is 2.42. The monoisotopic (exact) mass is 232 g/mol. The maximum atomic E-state index is 9.15. The van der Waals surface area contributed by atoms with Crippen LogP contribution in [0.15, 0.2) is 12.1 Å². The van der Waals surface area contributed by atoms with E-state index in [2.05, 4.69) is 0 Å². The molecule has 0 heterocycles. The molecule has 1 aromatic rings. The zero-order valence-corrected chi connectivity index (χ0v) is 9.47. The fourth-order valence-electron chi connectivity index (χ4n) is 1.35. The van der Waals surface area contributed by atoms with Crippen molar-refractivity contribution >= 4 is 35.8 Å². The first-order valence-electron chi connectivity index (χ1n) is 4.28. The second-order valence-corrected chi connectivity index (χ2v) is 4.26. The maximum Gasteiger partial charge on any atom is 0.490 e. The summed E-state index contributed by atoms with van der Waals surface area (Å²) >= 11 is 11.7. The Bertz CT molecular complexity index is 340. The summed E-state index contributed by atoms with van der Waals surface area (Å²) in [7, 11) is -1.56. The number of hydrogen-bond donors (Lipinski definition) is 2. The van der Waals surface area contributed by atoms with Gasteiger partial charge in [0, 0.05) is 15.5 Å². The lowest BCUT2D eigenvalue weighted by atomic mass is 9.74. The summed E-state index contributed by atoms with van der Waals surface area (Å²) in [6.45, 7) is 3.88. The minimum absolute atomic E-state index is 0.142. The molecule has 0 bridgehead atoms. The molecule has 1 aromatic carbocycles. The summed E-state index contributed by atoms with van der Waals surface area (Å²) < 4.78 is 0. The maximum absolute atomic E-state index is 9.15. The topological polar surface area (TPSA) is 40.5 Å². The van der Waals surface area contributed by atoms with Crippen LogP contribution in [0, 0.1) is 0 Å². The van der Waals surface area contributed by atoms with Crippen LogP contribution in [0.5, 0.6) is 0 Å². The Morgan fingerprint density at radius 1 is 1.21 bits per heavy atom. The van der Waals surface area contributed by atoms with Crippen molar-refractivity contribution in [1.29, 1.82) is 0 Å². The van der Waals surface area contributed by atoms with Gasteiger partial charge in [0.25, 0.3) is 0 Å². The highest BCUT2D eigenvalue weighted by Gasteiger charge is 2.21.